The number of nitrogens with two attached hydrogens (primary N) is 1. The van der Waals surface area contributed by atoms with E-state index in [0.29, 0.717) is 12.2 Å². The van der Waals surface area contributed by atoms with Crippen LogP contribution in [-0.2, 0) is 4.74 Å². The quantitative estimate of drug-likeness (QED) is 0.756. The van der Waals surface area contributed by atoms with Crippen LogP contribution in [0.25, 0.3) is 0 Å². The van der Waals surface area contributed by atoms with Crippen molar-refractivity contribution in [2.45, 2.75) is 59.2 Å². The average molecular weight is 319 g/mol. The molecule has 130 valence electrons. The summed E-state index contributed by atoms with van der Waals surface area (Å²) in [4.78, 5) is 2.45. The van der Waals surface area contributed by atoms with Crippen molar-refractivity contribution in [2.24, 2.45) is 5.73 Å². The first-order valence-electron chi connectivity index (χ1n) is 8.97. The van der Waals surface area contributed by atoms with Gasteiger partial charge in [0.25, 0.3) is 0 Å². The SMILES string of the molecule is Cc1cc(N2CC(C)OC(C)C2)cc(C)c1NCCCCCN. The molecule has 23 heavy (non-hydrogen) atoms. The third-order valence-electron chi connectivity index (χ3n) is 4.48. The topological polar surface area (TPSA) is 50.5 Å². The van der Waals surface area contributed by atoms with E-state index in [2.05, 4.69) is 50.0 Å². The molecule has 1 fully saturated rings. The molecule has 1 aliphatic rings. The van der Waals surface area contributed by atoms with Crippen LogP contribution in [0.15, 0.2) is 12.1 Å². The van der Waals surface area contributed by atoms with Gasteiger partial charge in [-0.3, -0.25) is 0 Å². The number of nitrogens with one attached hydrogen (secondary N) is 1. The van der Waals surface area contributed by atoms with E-state index in [-0.39, 0.29) is 0 Å². The highest BCUT2D eigenvalue weighted by Gasteiger charge is 2.23. The minimum Gasteiger partial charge on any atom is -0.385 e. The van der Waals surface area contributed by atoms with Crippen molar-refractivity contribution in [3.63, 3.8) is 0 Å². The van der Waals surface area contributed by atoms with Gasteiger partial charge in [0, 0.05) is 31.0 Å². The van der Waals surface area contributed by atoms with E-state index in [0.717, 1.165) is 32.6 Å². The van der Waals surface area contributed by atoms with Gasteiger partial charge in [0.05, 0.1) is 12.2 Å². The maximum Gasteiger partial charge on any atom is 0.0726 e. The maximum atomic E-state index is 5.84. The van der Waals surface area contributed by atoms with Gasteiger partial charge in [0.2, 0.25) is 0 Å². The summed E-state index contributed by atoms with van der Waals surface area (Å²) < 4.78 is 5.84. The summed E-state index contributed by atoms with van der Waals surface area (Å²) in [6, 6.07) is 4.61. The Morgan fingerprint density at radius 1 is 1.09 bits per heavy atom. The summed E-state index contributed by atoms with van der Waals surface area (Å²) in [5.74, 6) is 0. The second-order valence-electron chi connectivity index (χ2n) is 6.89. The summed E-state index contributed by atoms with van der Waals surface area (Å²) in [5, 5.41) is 3.60. The second-order valence-corrected chi connectivity index (χ2v) is 6.89. The van der Waals surface area contributed by atoms with Gasteiger partial charge in [0.15, 0.2) is 0 Å². The molecule has 0 amide bonds. The lowest BCUT2D eigenvalue weighted by atomic mass is 10.1. The van der Waals surface area contributed by atoms with Gasteiger partial charge in [0.1, 0.15) is 0 Å². The Kier molecular flexibility index (Phi) is 6.72. The van der Waals surface area contributed by atoms with Crippen molar-refractivity contribution < 1.29 is 4.74 Å². The molecule has 1 aromatic carbocycles. The van der Waals surface area contributed by atoms with E-state index in [1.807, 2.05) is 0 Å². The number of unbranched alkanes of at least 4 members (excludes halogenated alkanes) is 2. The predicted molar refractivity (Wildman–Crippen MR) is 99.5 cm³/mol. The first-order chi connectivity index (χ1) is 11.0. The van der Waals surface area contributed by atoms with Gasteiger partial charge < -0.3 is 20.7 Å². The Morgan fingerprint density at radius 2 is 1.70 bits per heavy atom. The summed E-state index contributed by atoms with van der Waals surface area (Å²) in [7, 11) is 0. The third kappa shape index (κ3) is 5.11. The molecule has 0 spiro atoms. The number of ether oxygens (including phenoxy) is 1. The van der Waals surface area contributed by atoms with Crippen LogP contribution in [0.2, 0.25) is 0 Å². The van der Waals surface area contributed by atoms with Crippen molar-refractivity contribution in [2.75, 3.05) is 36.4 Å². The minimum absolute atomic E-state index is 0.291. The smallest absolute Gasteiger partial charge is 0.0726 e. The molecular formula is C19H33N3O. The van der Waals surface area contributed by atoms with Crippen LogP contribution in [0, 0.1) is 13.8 Å². The zero-order chi connectivity index (χ0) is 16.8. The second kappa shape index (κ2) is 8.55. The number of hydrogen-bond donors (Lipinski definition) is 2. The maximum absolute atomic E-state index is 5.84. The fourth-order valence-corrected chi connectivity index (χ4v) is 3.45. The highest BCUT2D eigenvalue weighted by Crippen LogP contribution is 2.29. The van der Waals surface area contributed by atoms with Gasteiger partial charge in [-0.1, -0.05) is 6.42 Å². The Balaban J connectivity index is 2.01. The minimum atomic E-state index is 0.291. The molecule has 2 unspecified atom stereocenters. The van der Waals surface area contributed by atoms with Crippen LogP contribution >= 0.6 is 0 Å². The normalized spacial score (nSPS) is 21.5. The van der Waals surface area contributed by atoms with Crippen LogP contribution < -0.4 is 16.0 Å². The van der Waals surface area contributed by atoms with E-state index in [9.17, 15) is 0 Å². The van der Waals surface area contributed by atoms with E-state index in [1.54, 1.807) is 0 Å². The molecule has 0 saturated carbocycles. The van der Waals surface area contributed by atoms with Crippen LogP contribution in [0.5, 0.6) is 0 Å². The lowest BCUT2D eigenvalue weighted by Crippen LogP contribution is -2.45. The van der Waals surface area contributed by atoms with Gasteiger partial charge in [-0.25, -0.2) is 0 Å². The standard InChI is InChI=1S/C19H33N3O/c1-14-10-18(22-12-16(3)23-17(4)13-22)11-15(2)19(14)21-9-7-5-6-8-20/h10-11,16-17,21H,5-9,12-13,20H2,1-4H3. The van der Waals surface area contributed by atoms with Crippen molar-refractivity contribution in [1.82, 2.24) is 0 Å². The van der Waals surface area contributed by atoms with Crippen LogP contribution in [0.3, 0.4) is 0 Å². The molecule has 2 atom stereocenters. The van der Waals surface area contributed by atoms with E-state index >= 15 is 0 Å². The molecule has 0 bridgehead atoms. The molecular weight excluding hydrogens is 286 g/mol. The number of anilines is 2. The van der Waals surface area contributed by atoms with Crippen LogP contribution in [0.4, 0.5) is 11.4 Å². The van der Waals surface area contributed by atoms with E-state index in [1.165, 1.54) is 35.3 Å². The Hall–Kier alpha value is -1.26. The Morgan fingerprint density at radius 3 is 2.26 bits per heavy atom. The van der Waals surface area contributed by atoms with Crippen molar-refractivity contribution in [3.05, 3.63) is 23.3 Å². The highest BCUT2D eigenvalue weighted by molar-refractivity contribution is 5.65. The summed E-state index contributed by atoms with van der Waals surface area (Å²) in [5.41, 5.74) is 10.8. The number of morpholine rings is 1. The fraction of sp³-hybridized carbons (Fsp3) is 0.684. The summed E-state index contributed by atoms with van der Waals surface area (Å²) in [6.07, 6.45) is 4.07. The molecule has 0 radical (unpaired) electrons. The lowest BCUT2D eigenvalue weighted by molar-refractivity contribution is -0.00522. The van der Waals surface area contributed by atoms with Crippen molar-refractivity contribution in [1.29, 1.82) is 0 Å². The first-order valence-corrected chi connectivity index (χ1v) is 8.97. The fourth-order valence-electron chi connectivity index (χ4n) is 3.45. The molecule has 1 heterocycles. The van der Waals surface area contributed by atoms with Crippen LogP contribution in [-0.4, -0.2) is 38.4 Å². The molecule has 1 aliphatic heterocycles. The van der Waals surface area contributed by atoms with E-state index < -0.39 is 0 Å². The average Bonchev–Trinajstić information content (AvgIpc) is 2.48. The molecule has 2 rings (SSSR count). The molecule has 1 aromatic rings. The molecule has 3 N–H and O–H groups in total. The van der Waals surface area contributed by atoms with Gasteiger partial charge in [-0.2, -0.15) is 0 Å². The number of nitrogens with zero attached hydrogens (tertiary/aromatic N) is 1. The van der Waals surface area contributed by atoms with Crippen molar-refractivity contribution >= 4 is 11.4 Å². The van der Waals surface area contributed by atoms with Gasteiger partial charge in [-0.15, -0.1) is 0 Å². The third-order valence-corrected chi connectivity index (χ3v) is 4.48. The number of aryl methyl sites for hydroxylation is 2. The molecule has 0 aliphatic carbocycles. The predicted octanol–water partition coefficient (Wildman–Crippen LogP) is 3.46. The Labute approximate surface area is 141 Å². The number of hydrogen-bond acceptors (Lipinski definition) is 4. The number of rotatable bonds is 7. The molecule has 1 saturated heterocycles. The summed E-state index contributed by atoms with van der Waals surface area (Å²) in [6.45, 7) is 12.5. The van der Waals surface area contributed by atoms with E-state index in [4.69, 9.17) is 10.5 Å². The first kappa shape index (κ1) is 18.1. The van der Waals surface area contributed by atoms with Gasteiger partial charge >= 0.3 is 0 Å². The number of benzene rings is 1. The monoisotopic (exact) mass is 319 g/mol. The highest BCUT2D eigenvalue weighted by atomic mass is 16.5. The Bertz CT molecular complexity index is 470. The largest absolute Gasteiger partial charge is 0.385 e. The zero-order valence-electron chi connectivity index (χ0n) is 15.2. The summed E-state index contributed by atoms with van der Waals surface area (Å²) >= 11 is 0. The molecule has 4 nitrogen and oxygen atoms in total. The van der Waals surface area contributed by atoms with Crippen molar-refractivity contribution in [3.8, 4) is 0 Å². The lowest BCUT2D eigenvalue weighted by Gasteiger charge is -2.37. The molecule has 4 heteroatoms. The van der Waals surface area contributed by atoms with Crippen LogP contribution in [0.1, 0.15) is 44.2 Å². The van der Waals surface area contributed by atoms with Gasteiger partial charge in [-0.05, 0) is 70.3 Å². The zero-order valence-corrected chi connectivity index (χ0v) is 15.2. The molecule has 0 aromatic heterocycles.